The molecule has 2 rings (SSSR count). The standard InChI is InChI=1S/C19H22F3N3O2.HI/c1-23-18(24-10-9-14-5-8-16(27-2)11-17(14)26)25-12-13-3-6-15(7-4-13)19(20,21)22;/h3-8,11,26H,9-10,12H2,1-2H3,(H2,23,24,25);1H. The summed E-state index contributed by atoms with van der Waals surface area (Å²) >= 11 is 0. The van der Waals surface area contributed by atoms with Gasteiger partial charge in [-0.1, -0.05) is 18.2 Å². The zero-order chi connectivity index (χ0) is 19.9. The molecule has 154 valence electrons. The maximum Gasteiger partial charge on any atom is 0.416 e. The van der Waals surface area contributed by atoms with E-state index >= 15 is 0 Å². The second-order valence-corrected chi connectivity index (χ2v) is 5.79. The number of aromatic hydroxyl groups is 1. The lowest BCUT2D eigenvalue weighted by Crippen LogP contribution is -2.37. The lowest BCUT2D eigenvalue weighted by molar-refractivity contribution is -0.137. The van der Waals surface area contributed by atoms with Crippen LogP contribution in [-0.4, -0.2) is 31.8 Å². The van der Waals surface area contributed by atoms with E-state index in [1.54, 1.807) is 25.2 Å². The Morgan fingerprint density at radius 1 is 1.11 bits per heavy atom. The van der Waals surface area contributed by atoms with E-state index in [0.29, 0.717) is 36.8 Å². The number of methoxy groups -OCH3 is 1. The summed E-state index contributed by atoms with van der Waals surface area (Å²) in [5.74, 6) is 1.25. The summed E-state index contributed by atoms with van der Waals surface area (Å²) < 4.78 is 42.7. The van der Waals surface area contributed by atoms with Crippen LogP contribution in [0.1, 0.15) is 16.7 Å². The summed E-state index contributed by atoms with van der Waals surface area (Å²) in [5, 5.41) is 16.1. The fourth-order valence-electron chi connectivity index (χ4n) is 2.42. The lowest BCUT2D eigenvalue weighted by atomic mass is 10.1. The molecule has 9 heteroatoms. The quantitative estimate of drug-likeness (QED) is 0.314. The largest absolute Gasteiger partial charge is 0.508 e. The van der Waals surface area contributed by atoms with Crippen LogP contribution >= 0.6 is 24.0 Å². The molecule has 0 bridgehead atoms. The van der Waals surface area contributed by atoms with E-state index in [4.69, 9.17) is 4.74 Å². The molecule has 0 aliphatic rings. The summed E-state index contributed by atoms with van der Waals surface area (Å²) in [5.41, 5.74) is 0.799. The van der Waals surface area contributed by atoms with Crippen LogP contribution in [0.3, 0.4) is 0 Å². The van der Waals surface area contributed by atoms with Crippen LogP contribution in [0.15, 0.2) is 47.5 Å². The Bertz CT molecular complexity index is 781. The van der Waals surface area contributed by atoms with Crippen LogP contribution in [0.2, 0.25) is 0 Å². The van der Waals surface area contributed by atoms with E-state index in [1.807, 2.05) is 0 Å². The molecule has 0 aliphatic heterocycles. The number of phenols is 1. The van der Waals surface area contributed by atoms with E-state index in [1.165, 1.54) is 19.2 Å². The highest BCUT2D eigenvalue weighted by molar-refractivity contribution is 14.0. The first-order valence-electron chi connectivity index (χ1n) is 8.30. The van der Waals surface area contributed by atoms with E-state index in [9.17, 15) is 18.3 Å². The number of benzene rings is 2. The first-order valence-corrected chi connectivity index (χ1v) is 8.30. The number of ether oxygens (including phenoxy) is 1. The van der Waals surface area contributed by atoms with Gasteiger partial charge in [0, 0.05) is 26.2 Å². The topological polar surface area (TPSA) is 65.9 Å². The Balaban J connectivity index is 0.00000392. The third kappa shape index (κ3) is 7.10. The smallest absolute Gasteiger partial charge is 0.416 e. The highest BCUT2D eigenvalue weighted by Crippen LogP contribution is 2.29. The molecule has 0 saturated carbocycles. The molecule has 0 aromatic heterocycles. The average Bonchev–Trinajstić information content (AvgIpc) is 2.65. The number of alkyl halides is 3. The SMILES string of the molecule is CN=C(NCCc1ccc(OC)cc1O)NCc1ccc(C(F)(F)F)cc1.I. The minimum Gasteiger partial charge on any atom is -0.508 e. The number of nitrogens with one attached hydrogen (secondary N) is 2. The predicted octanol–water partition coefficient (Wildman–Crippen LogP) is 3.95. The number of aliphatic imine (C=N–C) groups is 1. The number of rotatable bonds is 6. The second-order valence-electron chi connectivity index (χ2n) is 5.79. The monoisotopic (exact) mass is 509 g/mol. The number of nitrogens with zero attached hydrogens (tertiary/aromatic N) is 1. The van der Waals surface area contributed by atoms with E-state index in [2.05, 4.69) is 15.6 Å². The van der Waals surface area contributed by atoms with Gasteiger partial charge in [0.15, 0.2) is 5.96 Å². The normalized spacial score (nSPS) is 11.5. The Kier molecular flexibility index (Phi) is 9.36. The van der Waals surface area contributed by atoms with Crippen molar-refractivity contribution in [1.82, 2.24) is 10.6 Å². The molecule has 5 nitrogen and oxygen atoms in total. The highest BCUT2D eigenvalue weighted by atomic mass is 127. The molecular formula is C19H23F3IN3O2. The Hall–Kier alpha value is -2.17. The molecule has 0 fully saturated rings. The predicted molar refractivity (Wildman–Crippen MR) is 113 cm³/mol. The van der Waals surface area contributed by atoms with Crippen molar-refractivity contribution in [3.8, 4) is 11.5 Å². The molecule has 0 amide bonds. The number of phenolic OH excluding ortho intramolecular Hbond substituents is 1. The Morgan fingerprint density at radius 2 is 1.79 bits per heavy atom. The van der Waals surface area contributed by atoms with Gasteiger partial charge in [0.25, 0.3) is 0 Å². The fraction of sp³-hybridized carbons (Fsp3) is 0.316. The number of halogens is 4. The van der Waals surface area contributed by atoms with E-state index in [0.717, 1.165) is 17.7 Å². The van der Waals surface area contributed by atoms with Gasteiger partial charge in [-0.15, -0.1) is 24.0 Å². The van der Waals surface area contributed by atoms with Gasteiger partial charge in [-0.3, -0.25) is 4.99 Å². The number of guanidine groups is 1. The minimum absolute atomic E-state index is 0. The van der Waals surface area contributed by atoms with Gasteiger partial charge >= 0.3 is 6.18 Å². The second kappa shape index (κ2) is 11.0. The van der Waals surface area contributed by atoms with Gasteiger partial charge in [-0.25, -0.2) is 0 Å². The third-order valence-corrected chi connectivity index (χ3v) is 3.94. The van der Waals surface area contributed by atoms with Crippen LogP contribution in [0.5, 0.6) is 11.5 Å². The molecule has 0 aliphatic carbocycles. The maximum atomic E-state index is 12.6. The fourth-order valence-corrected chi connectivity index (χ4v) is 2.42. The first-order chi connectivity index (χ1) is 12.8. The van der Waals surface area contributed by atoms with Crippen LogP contribution < -0.4 is 15.4 Å². The molecular weight excluding hydrogens is 486 g/mol. The van der Waals surface area contributed by atoms with Gasteiger partial charge < -0.3 is 20.5 Å². The molecule has 28 heavy (non-hydrogen) atoms. The summed E-state index contributed by atoms with van der Waals surface area (Å²) in [4.78, 5) is 4.07. The van der Waals surface area contributed by atoms with Gasteiger partial charge in [-0.2, -0.15) is 13.2 Å². The van der Waals surface area contributed by atoms with Crippen molar-refractivity contribution < 1.29 is 23.0 Å². The molecule has 0 saturated heterocycles. The zero-order valence-corrected chi connectivity index (χ0v) is 17.8. The molecule has 0 atom stereocenters. The Morgan fingerprint density at radius 3 is 2.32 bits per heavy atom. The van der Waals surface area contributed by atoms with Crippen LogP contribution in [0, 0.1) is 0 Å². The minimum atomic E-state index is -4.34. The molecule has 2 aromatic carbocycles. The van der Waals surface area contributed by atoms with Crippen LogP contribution in [0.4, 0.5) is 13.2 Å². The number of hydrogen-bond acceptors (Lipinski definition) is 3. The van der Waals surface area contributed by atoms with Crippen molar-refractivity contribution in [1.29, 1.82) is 0 Å². The van der Waals surface area contributed by atoms with Crippen LogP contribution in [0.25, 0.3) is 0 Å². The first kappa shape index (κ1) is 23.9. The van der Waals surface area contributed by atoms with Crippen molar-refractivity contribution in [3.63, 3.8) is 0 Å². The Labute approximate surface area is 179 Å². The molecule has 3 N–H and O–H groups in total. The van der Waals surface area contributed by atoms with E-state index < -0.39 is 11.7 Å². The van der Waals surface area contributed by atoms with Crippen molar-refractivity contribution in [2.45, 2.75) is 19.1 Å². The summed E-state index contributed by atoms with van der Waals surface area (Å²) in [6, 6.07) is 10.1. The average molecular weight is 509 g/mol. The van der Waals surface area contributed by atoms with E-state index in [-0.39, 0.29) is 29.7 Å². The molecule has 0 radical (unpaired) electrons. The summed E-state index contributed by atoms with van der Waals surface area (Å²) in [6.07, 6.45) is -3.77. The summed E-state index contributed by atoms with van der Waals surface area (Å²) in [6.45, 7) is 0.859. The van der Waals surface area contributed by atoms with Crippen LogP contribution in [-0.2, 0) is 19.1 Å². The zero-order valence-electron chi connectivity index (χ0n) is 15.5. The van der Waals surface area contributed by atoms with Crippen molar-refractivity contribution >= 4 is 29.9 Å². The van der Waals surface area contributed by atoms with Crippen molar-refractivity contribution in [3.05, 3.63) is 59.2 Å². The maximum absolute atomic E-state index is 12.6. The van der Waals surface area contributed by atoms with Gasteiger partial charge in [0.1, 0.15) is 11.5 Å². The lowest BCUT2D eigenvalue weighted by Gasteiger charge is -2.13. The van der Waals surface area contributed by atoms with Gasteiger partial charge in [-0.05, 0) is 35.7 Å². The molecule has 0 heterocycles. The molecule has 0 spiro atoms. The third-order valence-electron chi connectivity index (χ3n) is 3.94. The highest BCUT2D eigenvalue weighted by Gasteiger charge is 2.29. The van der Waals surface area contributed by atoms with Gasteiger partial charge in [0.05, 0.1) is 12.7 Å². The van der Waals surface area contributed by atoms with Crippen molar-refractivity contribution in [2.75, 3.05) is 20.7 Å². The van der Waals surface area contributed by atoms with Gasteiger partial charge in [0.2, 0.25) is 0 Å². The summed E-state index contributed by atoms with van der Waals surface area (Å²) in [7, 11) is 3.13. The van der Waals surface area contributed by atoms with Crippen molar-refractivity contribution in [2.24, 2.45) is 4.99 Å². The molecule has 0 unspecified atom stereocenters. The number of hydrogen-bond donors (Lipinski definition) is 3. The molecule has 2 aromatic rings.